The van der Waals surface area contributed by atoms with Gasteiger partial charge in [-0.15, -0.1) is 0 Å². The topological polar surface area (TPSA) is 56.4 Å². The first-order valence-corrected chi connectivity index (χ1v) is 9.37. The predicted octanol–water partition coefficient (Wildman–Crippen LogP) is 2.67. The third-order valence-corrected chi connectivity index (χ3v) is 5.42. The van der Waals surface area contributed by atoms with Gasteiger partial charge in [0.1, 0.15) is 11.4 Å². The third-order valence-electron chi connectivity index (χ3n) is 5.42. The van der Waals surface area contributed by atoms with Crippen molar-refractivity contribution in [2.24, 2.45) is 0 Å². The second-order valence-electron chi connectivity index (χ2n) is 7.32. The summed E-state index contributed by atoms with van der Waals surface area (Å²) in [7, 11) is 2.06. The predicted molar refractivity (Wildman–Crippen MR) is 107 cm³/mol. The van der Waals surface area contributed by atoms with Crippen LogP contribution in [0.3, 0.4) is 0 Å². The zero-order chi connectivity index (χ0) is 19.7. The molecular formula is C22H22FN3O2. The average molecular weight is 379 g/mol. The van der Waals surface area contributed by atoms with Crippen LogP contribution in [0.15, 0.2) is 59.4 Å². The van der Waals surface area contributed by atoms with E-state index in [4.69, 9.17) is 0 Å². The molecule has 1 aliphatic rings. The summed E-state index contributed by atoms with van der Waals surface area (Å²) < 4.78 is 13.4. The molecule has 5 nitrogen and oxygen atoms in total. The van der Waals surface area contributed by atoms with Crippen LogP contribution >= 0.6 is 0 Å². The van der Waals surface area contributed by atoms with E-state index in [1.165, 1.54) is 17.7 Å². The number of aromatic amines is 1. The molecule has 4 rings (SSSR count). The number of fused-ring (bicyclic) bond motifs is 1. The van der Waals surface area contributed by atoms with Gasteiger partial charge in [-0.2, -0.15) is 0 Å². The van der Waals surface area contributed by atoms with E-state index in [1.807, 2.05) is 18.2 Å². The van der Waals surface area contributed by atoms with Gasteiger partial charge in [0.15, 0.2) is 0 Å². The summed E-state index contributed by atoms with van der Waals surface area (Å²) in [6.45, 7) is 1.88. The molecule has 1 amide bonds. The molecule has 2 aromatic carbocycles. The van der Waals surface area contributed by atoms with Gasteiger partial charge < -0.3 is 9.88 Å². The van der Waals surface area contributed by atoms with Crippen molar-refractivity contribution < 1.29 is 9.18 Å². The second kappa shape index (κ2) is 7.56. The van der Waals surface area contributed by atoms with Crippen LogP contribution in [0.2, 0.25) is 0 Å². The zero-order valence-corrected chi connectivity index (χ0v) is 15.7. The molecule has 0 aliphatic carbocycles. The SMILES string of the molecule is CN1CCN(C(=O)c2cc3ccc(F)cc3[nH]c2=O)CC1Cc1ccccc1. The van der Waals surface area contributed by atoms with Gasteiger partial charge in [0.2, 0.25) is 0 Å². The standard InChI is InChI=1S/C22H22FN3O2/c1-25-9-10-26(14-18(25)11-15-5-3-2-4-6-15)22(28)19-12-16-7-8-17(23)13-20(16)24-21(19)27/h2-8,12-13,18H,9-11,14H2,1H3,(H,24,27). The number of aromatic nitrogens is 1. The Hall–Kier alpha value is -2.99. The monoisotopic (exact) mass is 379 g/mol. The highest BCUT2D eigenvalue weighted by atomic mass is 19.1. The molecule has 1 atom stereocenters. The van der Waals surface area contributed by atoms with Gasteiger partial charge in [-0.3, -0.25) is 14.5 Å². The number of H-pyrrole nitrogens is 1. The van der Waals surface area contributed by atoms with Crippen molar-refractivity contribution in [2.45, 2.75) is 12.5 Å². The van der Waals surface area contributed by atoms with Crippen LogP contribution in [0.1, 0.15) is 15.9 Å². The van der Waals surface area contributed by atoms with Gasteiger partial charge >= 0.3 is 0 Å². The van der Waals surface area contributed by atoms with Crippen LogP contribution in [0.5, 0.6) is 0 Å². The van der Waals surface area contributed by atoms with E-state index in [-0.39, 0.29) is 17.5 Å². The molecule has 144 valence electrons. The minimum atomic E-state index is -0.485. The van der Waals surface area contributed by atoms with Crippen LogP contribution in [0.25, 0.3) is 10.9 Å². The largest absolute Gasteiger partial charge is 0.336 e. The Kier molecular flexibility index (Phi) is 4.96. The Morgan fingerprint density at radius 2 is 1.93 bits per heavy atom. The molecule has 2 heterocycles. The Labute approximate surface area is 162 Å². The minimum absolute atomic E-state index is 0.0992. The smallest absolute Gasteiger partial charge is 0.261 e. The number of carbonyl (C=O) groups excluding carboxylic acids is 1. The lowest BCUT2D eigenvalue weighted by molar-refractivity contribution is 0.0546. The van der Waals surface area contributed by atoms with Gasteiger partial charge in [0.25, 0.3) is 11.5 Å². The summed E-state index contributed by atoms with van der Waals surface area (Å²) >= 11 is 0. The number of likely N-dealkylation sites (N-methyl/N-ethyl adjacent to an activating group) is 1. The number of nitrogens with one attached hydrogen (secondary N) is 1. The number of benzene rings is 2. The van der Waals surface area contributed by atoms with Crippen molar-refractivity contribution in [1.82, 2.24) is 14.8 Å². The number of hydrogen-bond donors (Lipinski definition) is 1. The van der Waals surface area contributed by atoms with E-state index in [0.717, 1.165) is 13.0 Å². The van der Waals surface area contributed by atoms with Crippen molar-refractivity contribution in [3.05, 3.63) is 81.9 Å². The Balaban J connectivity index is 1.57. The normalized spacial score (nSPS) is 17.8. The van der Waals surface area contributed by atoms with Crippen LogP contribution in [0, 0.1) is 5.82 Å². The molecule has 1 aliphatic heterocycles. The van der Waals surface area contributed by atoms with Crippen molar-refractivity contribution in [3.63, 3.8) is 0 Å². The third kappa shape index (κ3) is 3.68. The van der Waals surface area contributed by atoms with Gasteiger partial charge in [-0.05, 0) is 48.7 Å². The maximum absolute atomic E-state index is 13.4. The summed E-state index contributed by atoms with van der Waals surface area (Å²) in [5, 5.41) is 0.638. The molecule has 0 saturated carbocycles. The Morgan fingerprint density at radius 3 is 2.71 bits per heavy atom. The number of carbonyl (C=O) groups is 1. The molecule has 28 heavy (non-hydrogen) atoms. The van der Waals surface area contributed by atoms with Gasteiger partial charge in [0, 0.05) is 25.7 Å². The molecule has 1 fully saturated rings. The van der Waals surface area contributed by atoms with Crippen LogP contribution in [-0.2, 0) is 6.42 Å². The molecule has 1 unspecified atom stereocenters. The van der Waals surface area contributed by atoms with E-state index < -0.39 is 11.4 Å². The highest BCUT2D eigenvalue weighted by Crippen LogP contribution is 2.17. The molecule has 0 radical (unpaired) electrons. The number of nitrogens with zero attached hydrogens (tertiary/aromatic N) is 2. The summed E-state index contributed by atoms with van der Waals surface area (Å²) in [4.78, 5) is 32.1. The molecule has 1 saturated heterocycles. The number of rotatable bonds is 3. The highest BCUT2D eigenvalue weighted by molar-refractivity contribution is 5.97. The van der Waals surface area contributed by atoms with Crippen molar-refractivity contribution in [2.75, 3.05) is 26.7 Å². The number of pyridine rings is 1. The van der Waals surface area contributed by atoms with E-state index in [9.17, 15) is 14.0 Å². The fourth-order valence-electron chi connectivity index (χ4n) is 3.74. The minimum Gasteiger partial charge on any atom is -0.336 e. The first-order valence-electron chi connectivity index (χ1n) is 9.37. The summed E-state index contributed by atoms with van der Waals surface area (Å²) in [6.07, 6.45) is 0.842. The van der Waals surface area contributed by atoms with E-state index in [2.05, 4.69) is 29.1 Å². The molecule has 6 heteroatoms. The van der Waals surface area contributed by atoms with Crippen molar-refractivity contribution >= 4 is 16.8 Å². The average Bonchev–Trinajstić information content (AvgIpc) is 2.69. The Morgan fingerprint density at radius 1 is 1.14 bits per heavy atom. The first-order chi connectivity index (χ1) is 13.5. The van der Waals surface area contributed by atoms with Crippen molar-refractivity contribution in [1.29, 1.82) is 0 Å². The molecule has 0 spiro atoms. The van der Waals surface area contributed by atoms with Gasteiger partial charge in [0.05, 0.1) is 5.52 Å². The number of halogens is 1. The maximum Gasteiger partial charge on any atom is 0.261 e. The van der Waals surface area contributed by atoms with Crippen LogP contribution in [0.4, 0.5) is 4.39 Å². The number of hydrogen-bond acceptors (Lipinski definition) is 3. The van der Waals surface area contributed by atoms with Gasteiger partial charge in [-0.1, -0.05) is 30.3 Å². The lowest BCUT2D eigenvalue weighted by atomic mass is 10.0. The number of piperazine rings is 1. The molecule has 3 aromatic rings. The fraction of sp³-hybridized carbons (Fsp3) is 0.273. The van der Waals surface area contributed by atoms with E-state index in [0.29, 0.717) is 24.0 Å². The van der Waals surface area contributed by atoms with Crippen molar-refractivity contribution in [3.8, 4) is 0 Å². The van der Waals surface area contributed by atoms with E-state index in [1.54, 1.807) is 17.0 Å². The highest BCUT2D eigenvalue weighted by Gasteiger charge is 2.29. The quantitative estimate of drug-likeness (QED) is 0.761. The first kappa shape index (κ1) is 18.4. The lowest BCUT2D eigenvalue weighted by Crippen LogP contribution is -2.54. The fourth-order valence-corrected chi connectivity index (χ4v) is 3.74. The Bertz CT molecular complexity index is 1060. The summed E-state index contributed by atoms with van der Waals surface area (Å²) in [5.74, 6) is -0.705. The van der Waals surface area contributed by atoms with Crippen LogP contribution in [-0.4, -0.2) is 53.4 Å². The number of amides is 1. The summed E-state index contributed by atoms with van der Waals surface area (Å²) in [5.41, 5.74) is 1.23. The molecule has 0 bridgehead atoms. The molecular weight excluding hydrogens is 357 g/mol. The lowest BCUT2D eigenvalue weighted by Gasteiger charge is -2.39. The molecule has 1 aromatic heterocycles. The summed E-state index contributed by atoms with van der Waals surface area (Å²) in [6, 6.07) is 16.1. The zero-order valence-electron chi connectivity index (χ0n) is 15.7. The second-order valence-corrected chi connectivity index (χ2v) is 7.32. The molecule has 1 N–H and O–H groups in total. The van der Waals surface area contributed by atoms with E-state index >= 15 is 0 Å². The van der Waals surface area contributed by atoms with Crippen LogP contribution < -0.4 is 5.56 Å². The maximum atomic E-state index is 13.4. The van der Waals surface area contributed by atoms with Gasteiger partial charge in [-0.25, -0.2) is 4.39 Å².